The van der Waals surface area contributed by atoms with Crippen LogP contribution in [0.2, 0.25) is 0 Å². The van der Waals surface area contributed by atoms with Crippen LogP contribution in [-0.4, -0.2) is 30.1 Å². The van der Waals surface area contributed by atoms with E-state index in [1.165, 1.54) is 7.11 Å². The van der Waals surface area contributed by atoms with E-state index in [0.717, 1.165) is 6.42 Å². The number of ether oxygens (including phenoxy) is 1. The van der Waals surface area contributed by atoms with Crippen LogP contribution >= 0.6 is 0 Å². The van der Waals surface area contributed by atoms with Crippen molar-refractivity contribution in [2.24, 2.45) is 16.2 Å². The Balaban J connectivity index is -0.0000000866. The zero-order valence-corrected chi connectivity index (χ0v) is 25.3. The van der Waals surface area contributed by atoms with Gasteiger partial charge in [0.15, 0.2) is 0 Å². The number of methoxy groups -OCH3 is 1. The number of hydrogen-bond acceptors (Lipinski definition) is 5. The number of aliphatic carboxylic acids is 2. The first-order valence-corrected chi connectivity index (χ1v) is 8.58. The zero-order valence-electron chi connectivity index (χ0n) is 19.1. The van der Waals surface area contributed by atoms with Crippen LogP contribution in [0.3, 0.4) is 0 Å². The quantitative estimate of drug-likeness (QED) is 0.338. The van der Waals surface area contributed by atoms with E-state index >= 15 is 0 Å². The predicted molar refractivity (Wildman–Crippen MR) is 96.9 cm³/mol. The number of hydrogen-bond donors (Lipinski definition) is 1. The van der Waals surface area contributed by atoms with Gasteiger partial charge in [0.25, 0.3) is 0 Å². The average molecular weight is 623 g/mol. The van der Waals surface area contributed by atoms with E-state index in [9.17, 15) is 19.5 Å². The third-order valence-electron chi connectivity index (χ3n) is 4.52. The predicted octanol–water partition coefficient (Wildman–Crippen LogP) is 0.279. The molecule has 27 heavy (non-hydrogen) atoms. The van der Waals surface area contributed by atoms with E-state index < -0.39 is 22.8 Å². The summed E-state index contributed by atoms with van der Waals surface area (Å²) < 4.78 is 4.57. The summed E-state index contributed by atoms with van der Waals surface area (Å²) >= 11 is 0. The van der Waals surface area contributed by atoms with Gasteiger partial charge in [0.05, 0.1) is 17.9 Å². The van der Waals surface area contributed by atoms with E-state index in [2.05, 4.69) is 4.74 Å². The molecule has 0 aliphatic carbocycles. The molecule has 0 amide bonds. The topological polar surface area (TPSA) is 104 Å². The van der Waals surface area contributed by atoms with Gasteiger partial charge in [-0.3, -0.25) is 9.59 Å². The van der Waals surface area contributed by atoms with Crippen LogP contribution in [0.25, 0.3) is 0 Å². The first kappa shape index (κ1) is 38.1. The monoisotopic (exact) mass is 622 g/mol. The van der Waals surface area contributed by atoms with Crippen molar-refractivity contribution in [1.82, 2.24) is 0 Å². The summed E-state index contributed by atoms with van der Waals surface area (Å²) in [4.78, 5) is 31.2. The molecule has 0 aromatic rings. The van der Waals surface area contributed by atoms with Gasteiger partial charge < -0.3 is 19.7 Å². The van der Waals surface area contributed by atoms with Crippen molar-refractivity contribution >= 4 is 17.9 Å². The summed E-state index contributed by atoms with van der Waals surface area (Å²) in [7, 11) is 1.42. The van der Waals surface area contributed by atoms with Crippen molar-refractivity contribution in [2.75, 3.05) is 7.11 Å². The summed E-state index contributed by atoms with van der Waals surface area (Å²) in [6, 6.07) is 0. The van der Waals surface area contributed by atoms with Crippen LogP contribution in [0.4, 0.5) is 0 Å². The Morgan fingerprint density at radius 2 is 1.11 bits per heavy atom. The van der Waals surface area contributed by atoms with Gasteiger partial charge in [-0.25, -0.2) is 0 Å². The van der Waals surface area contributed by atoms with Crippen LogP contribution in [0.1, 0.15) is 81.6 Å². The molecule has 0 radical (unpaired) electrons. The minimum Gasteiger partial charge on any atom is -0.550 e. The molecule has 0 atom stereocenters. The van der Waals surface area contributed by atoms with Gasteiger partial charge in [-0.05, 0) is 47.0 Å². The zero-order chi connectivity index (χ0) is 21.1. The summed E-state index contributed by atoms with van der Waals surface area (Å²) in [6.07, 6.45) is 2.12. The van der Waals surface area contributed by atoms with Crippen molar-refractivity contribution in [3.63, 3.8) is 0 Å². The molecule has 6 nitrogen and oxygen atoms in total. The van der Waals surface area contributed by atoms with Gasteiger partial charge in [0, 0.05) is 42.5 Å². The second-order valence-electron chi connectivity index (χ2n) is 7.80. The van der Waals surface area contributed by atoms with Gasteiger partial charge in [0.1, 0.15) is 0 Å². The Bertz CT molecular complexity index is 408. The van der Waals surface area contributed by atoms with Gasteiger partial charge in [-0.15, -0.1) is 0 Å². The SMILES string of the molecule is CCC(C)(C)C(=O)O.CCC(C)(C)C(=O)OC.CCC(C)(C)C(=O)[O-].[Na+].[U]. The summed E-state index contributed by atoms with van der Waals surface area (Å²) in [5.74, 6) is -1.83. The second kappa shape index (κ2) is 17.3. The number of esters is 1. The third kappa shape index (κ3) is 18.2. The third-order valence-corrected chi connectivity index (χ3v) is 4.52. The summed E-state index contributed by atoms with van der Waals surface area (Å²) in [5.41, 5.74) is -1.51. The number of carboxylic acid groups (broad SMARTS) is 2. The normalized spacial score (nSPS) is 10.4. The van der Waals surface area contributed by atoms with Gasteiger partial charge in [-0.1, -0.05) is 34.6 Å². The number of carboxylic acids is 2. The number of rotatable bonds is 6. The average Bonchev–Trinajstić information content (AvgIpc) is 2.54. The molecule has 0 aliphatic heterocycles. The fourth-order valence-corrected chi connectivity index (χ4v) is 0.716. The molecule has 0 spiro atoms. The fourth-order valence-electron chi connectivity index (χ4n) is 0.716. The summed E-state index contributed by atoms with van der Waals surface area (Å²) in [6.45, 7) is 16.2. The number of carbonyl (C=O) groups is 3. The van der Waals surface area contributed by atoms with Crippen molar-refractivity contribution < 1.29 is 90.0 Å². The molecule has 0 saturated heterocycles. The first-order valence-electron chi connectivity index (χ1n) is 8.58. The molecule has 0 saturated carbocycles. The largest absolute Gasteiger partial charge is 1.00 e. The molecule has 1 N–H and O–H groups in total. The molecule has 0 aromatic carbocycles. The Hall–Kier alpha value is 0.462. The van der Waals surface area contributed by atoms with Gasteiger partial charge in [-0.2, -0.15) is 0 Å². The van der Waals surface area contributed by atoms with Crippen LogP contribution in [0, 0.1) is 47.4 Å². The standard InChI is InChI=1S/C7H14O2.2C6H12O2.Na.U/c1-5-7(2,3)6(8)9-4;2*1-4-6(2,3)5(7)8;;/h5H2,1-4H3;2*4H2,1-3H3,(H,7,8);;/q;;;+1;/p-1. The molecule has 0 bridgehead atoms. The van der Waals surface area contributed by atoms with Crippen molar-refractivity contribution in [1.29, 1.82) is 0 Å². The van der Waals surface area contributed by atoms with Crippen LogP contribution in [0.15, 0.2) is 0 Å². The van der Waals surface area contributed by atoms with E-state index in [1.807, 2.05) is 34.6 Å². The van der Waals surface area contributed by atoms with Crippen LogP contribution < -0.4 is 34.7 Å². The molecule has 8 heteroatoms. The molecular weight excluding hydrogens is 585 g/mol. The maximum absolute atomic E-state index is 10.8. The minimum absolute atomic E-state index is 0. The van der Waals surface area contributed by atoms with E-state index in [1.54, 1.807) is 27.7 Å². The molecule has 0 fully saturated rings. The van der Waals surface area contributed by atoms with E-state index in [4.69, 9.17) is 5.11 Å². The number of carbonyl (C=O) groups excluding carboxylic acids is 2. The van der Waals surface area contributed by atoms with Crippen LogP contribution in [-0.2, 0) is 19.1 Å². The molecule has 0 heterocycles. The molecular formula is C19H37NaO6U. The Morgan fingerprint density at radius 1 is 0.815 bits per heavy atom. The van der Waals surface area contributed by atoms with Gasteiger partial charge in [0.2, 0.25) is 0 Å². The first-order chi connectivity index (χ1) is 11.1. The van der Waals surface area contributed by atoms with E-state index in [-0.39, 0.29) is 72.1 Å². The van der Waals surface area contributed by atoms with Crippen molar-refractivity contribution in [2.45, 2.75) is 81.6 Å². The minimum atomic E-state index is -0.972. The maximum atomic E-state index is 10.8. The molecule has 0 aliphatic rings. The van der Waals surface area contributed by atoms with E-state index in [0.29, 0.717) is 12.8 Å². The Morgan fingerprint density at radius 3 is 1.15 bits per heavy atom. The Labute approximate surface area is 211 Å². The second-order valence-corrected chi connectivity index (χ2v) is 7.80. The Kier molecular flexibility index (Phi) is 24.5. The van der Waals surface area contributed by atoms with Gasteiger partial charge >= 0.3 is 41.5 Å². The maximum Gasteiger partial charge on any atom is 1.00 e. The molecule has 0 unspecified atom stereocenters. The smallest absolute Gasteiger partial charge is 0.550 e. The van der Waals surface area contributed by atoms with Crippen LogP contribution in [0.5, 0.6) is 0 Å². The molecule has 0 rings (SSSR count). The molecule has 154 valence electrons. The fraction of sp³-hybridized carbons (Fsp3) is 0.842. The molecule has 0 aromatic heterocycles. The van der Waals surface area contributed by atoms with Crippen molar-refractivity contribution in [3.8, 4) is 0 Å². The summed E-state index contributed by atoms with van der Waals surface area (Å²) in [5, 5.41) is 18.6. The van der Waals surface area contributed by atoms with Crippen molar-refractivity contribution in [3.05, 3.63) is 0 Å².